The van der Waals surface area contributed by atoms with Crippen molar-refractivity contribution in [3.8, 4) is 11.4 Å². The Morgan fingerprint density at radius 2 is 1.88 bits per heavy atom. The standard InChI is InChI=1S/C18H15ClN2O3/c1-2-24-16(22)11-21-17(12-7-9-13(19)10-8-12)20-15-6-4-3-5-14(15)18(21)23/h3-10H,2,11H2,1H3. The molecule has 0 aliphatic carbocycles. The van der Waals surface area contributed by atoms with Crippen LogP contribution in [0.5, 0.6) is 0 Å². The minimum absolute atomic E-state index is 0.192. The van der Waals surface area contributed by atoms with Crippen molar-refractivity contribution in [2.45, 2.75) is 13.5 Å². The molecule has 2 aromatic carbocycles. The third kappa shape index (κ3) is 3.16. The molecular formula is C18H15ClN2O3. The number of rotatable bonds is 4. The molecule has 0 amide bonds. The van der Waals surface area contributed by atoms with Gasteiger partial charge in [0.25, 0.3) is 5.56 Å². The van der Waals surface area contributed by atoms with Gasteiger partial charge in [-0.1, -0.05) is 23.7 Å². The summed E-state index contributed by atoms with van der Waals surface area (Å²) in [5.41, 5.74) is 0.998. The van der Waals surface area contributed by atoms with Crippen LogP contribution < -0.4 is 5.56 Å². The Hall–Kier alpha value is -2.66. The zero-order valence-electron chi connectivity index (χ0n) is 13.0. The van der Waals surface area contributed by atoms with Gasteiger partial charge in [0.2, 0.25) is 0 Å². The highest BCUT2D eigenvalue weighted by Gasteiger charge is 2.15. The molecule has 6 heteroatoms. The van der Waals surface area contributed by atoms with E-state index >= 15 is 0 Å². The molecule has 1 heterocycles. The molecule has 0 radical (unpaired) electrons. The van der Waals surface area contributed by atoms with Crippen LogP contribution in [0.1, 0.15) is 6.92 Å². The summed E-state index contributed by atoms with van der Waals surface area (Å²) < 4.78 is 6.31. The van der Waals surface area contributed by atoms with Gasteiger partial charge in [-0.2, -0.15) is 0 Å². The lowest BCUT2D eigenvalue weighted by Crippen LogP contribution is -2.28. The Morgan fingerprint density at radius 1 is 1.17 bits per heavy atom. The van der Waals surface area contributed by atoms with Crippen LogP contribution in [0, 0.1) is 0 Å². The molecule has 0 spiro atoms. The summed E-state index contributed by atoms with van der Waals surface area (Å²) >= 11 is 5.93. The van der Waals surface area contributed by atoms with Crippen molar-refractivity contribution >= 4 is 28.5 Å². The van der Waals surface area contributed by atoms with Gasteiger partial charge in [-0.15, -0.1) is 0 Å². The monoisotopic (exact) mass is 342 g/mol. The number of benzene rings is 2. The molecule has 0 bridgehead atoms. The molecule has 122 valence electrons. The second kappa shape index (κ2) is 6.84. The molecule has 0 atom stereocenters. The zero-order valence-corrected chi connectivity index (χ0v) is 13.8. The lowest BCUT2D eigenvalue weighted by atomic mass is 10.2. The number of fused-ring (bicyclic) bond motifs is 1. The maximum absolute atomic E-state index is 12.8. The number of halogens is 1. The summed E-state index contributed by atoms with van der Waals surface area (Å²) in [6.45, 7) is 1.78. The van der Waals surface area contributed by atoms with Gasteiger partial charge >= 0.3 is 5.97 Å². The van der Waals surface area contributed by atoms with Crippen LogP contribution >= 0.6 is 11.6 Å². The van der Waals surface area contributed by atoms with Gasteiger partial charge in [-0.05, 0) is 43.3 Å². The molecule has 0 aliphatic heterocycles. The number of carbonyl (C=O) groups is 1. The van der Waals surface area contributed by atoms with Crippen molar-refractivity contribution in [1.29, 1.82) is 0 Å². The number of para-hydroxylation sites is 1. The molecule has 24 heavy (non-hydrogen) atoms. The van der Waals surface area contributed by atoms with Gasteiger partial charge in [0.05, 0.1) is 17.5 Å². The fourth-order valence-corrected chi connectivity index (χ4v) is 2.60. The first-order valence-electron chi connectivity index (χ1n) is 7.51. The van der Waals surface area contributed by atoms with E-state index in [1.807, 2.05) is 6.07 Å². The summed E-state index contributed by atoms with van der Waals surface area (Å²) in [4.78, 5) is 29.3. The van der Waals surface area contributed by atoms with E-state index in [0.717, 1.165) is 0 Å². The van der Waals surface area contributed by atoms with Crippen LogP contribution in [0.15, 0.2) is 53.3 Å². The second-order valence-corrected chi connectivity index (χ2v) is 5.59. The minimum Gasteiger partial charge on any atom is -0.465 e. The molecule has 0 N–H and O–H groups in total. The van der Waals surface area contributed by atoms with Crippen LogP contribution in [0.25, 0.3) is 22.3 Å². The van der Waals surface area contributed by atoms with Gasteiger partial charge in [0, 0.05) is 10.6 Å². The van der Waals surface area contributed by atoms with E-state index in [-0.39, 0.29) is 18.7 Å². The van der Waals surface area contributed by atoms with Crippen molar-refractivity contribution in [1.82, 2.24) is 9.55 Å². The Bertz CT molecular complexity index is 949. The van der Waals surface area contributed by atoms with E-state index in [1.165, 1.54) is 4.57 Å². The van der Waals surface area contributed by atoms with Crippen molar-refractivity contribution in [3.63, 3.8) is 0 Å². The first-order chi connectivity index (χ1) is 11.6. The van der Waals surface area contributed by atoms with E-state index in [4.69, 9.17) is 16.3 Å². The number of hydrogen-bond donors (Lipinski definition) is 0. The third-order valence-corrected chi connectivity index (χ3v) is 3.81. The Labute approximate surface area is 143 Å². The maximum atomic E-state index is 12.8. The van der Waals surface area contributed by atoms with Crippen molar-refractivity contribution in [2.75, 3.05) is 6.61 Å². The first-order valence-corrected chi connectivity index (χ1v) is 7.89. The third-order valence-electron chi connectivity index (χ3n) is 3.56. The van der Waals surface area contributed by atoms with E-state index < -0.39 is 5.97 Å². The van der Waals surface area contributed by atoms with Gasteiger partial charge in [0.15, 0.2) is 0 Å². The van der Waals surface area contributed by atoms with E-state index in [1.54, 1.807) is 49.4 Å². The molecule has 0 unspecified atom stereocenters. The molecule has 0 saturated carbocycles. The van der Waals surface area contributed by atoms with Gasteiger partial charge in [0.1, 0.15) is 12.4 Å². The van der Waals surface area contributed by atoms with Crippen LogP contribution in [-0.4, -0.2) is 22.1 Å². The highest BCUT2D eigenvalue weighted by atomic mass is 35.5. The summed E-state index contributed by atoms with van der Waals surface area (Å²) in [6.07, 6.45) is 0. The molecule has 0 saturated heterocycles. The number of aromatic nitrogens is 2. The van der Waals surface area contributed by atoms with Crippen LogP contribution in [0.2, 0.25) is 5.02 Å². The Kier molecular flexibility index (Phi) is 4.62. The SMILES string of the molecule is CCOC(=O)Cn1c(-c2ccc(Cl)cc2)nc2ccccc2c1=O. The van der Waals surface area contributed by atoms with Crippen LogP contribution in [-0.2, 0) is 16.1 Å². The van der Waals surface area contributed by atoms with Gasteiger partial charge in [-0.3, -0.25) is 14.2 Å². The van der Waals surface area contributed by atoms with Crippen molar-refractivity contribution in [2.24, 2.45) is 0 Å². The lowest BCUT2D eigenvalue weighted by Gasteiger charge is -2.13. The molecule has 0 fully saturated rings. The van der Waals surface area contributed by atoms with E-state index in [2.05, 4.69) is 4.98 Å². The number of esters is 1. The van der Waals surface area contributed by atoms with Gasteiger partial charge < -0.3 is 4.74 Å². The Morgan fingerprint density at radius 3 is 2.58 bits per heavy atom. The quantitative estimate of drug-likeness (QED) is 0.683. The van der Waals surface area contributed by atoms with Crippen LogP contribution in [0.4, 0.5) is 0 Å². The van der Waals surface area contributed by atoms with E-state index in [9.17, 15) is 9.59 Å². The van der Waals surface area contributed by atoms with Crippen molar-refractivity contribution < 1.29 is 9.53 Å². The highest BCUT2D eigenvalue weighted by Crippen LogP contribution is 2.21. The van der Waals surface area contributed by atoms with Crippen molar-refractivity contribution in [3.05, 3.63) is 63.9 Å². The highest BCUT2D eigenvalue weighted by molar-refractivity contribution is 6.30. The predicted molar refractivity (Wildman–Crippen MR) is 93.1 cm³/mol. The first kappa shape index (κ1) is 16.2. The average molecular weight is 343 g/mol. The second-order valence-electron chi connectivity index (χ2n) is 5.16. The molecule has 3 rings (SSSR count). The normalized spacial score (nSPS) is 10.8. The molecule has 5 nitrogen and oxygen atoms in total. The number of nitrogens with zero attached hydrogens (tertiary/aromatic N) is 2. The van der Waals surface area contributed by atoms with Crippen LogP contribution in [0.3, 0.4) is 0 Å². The topological polar surface area (TPSA) is 61.2 Å². The summed E-state index contributed by atoms with van der Waals surface area (Å²) in [6, 6.07) is 14.0. The summed E-state index contributed by atoms with van der Waals surface area (Å²) in [5, 5.41) is 1.04. The molecular weight excluding hydrogens is 328 g/mol. The van der Waals surface area contributed by atoms with E-state index in [0.29, 0.717) is 27.3 Å². The molecule has 0 aliphatic rings. The fraction of sp³-hybridized carbons (Fsp3) is 0.167. The average Bonchev–Trinajstić information content (AvgIpc) is 2.58. The maximum Gasteiger partial charge on any atom is 0.326 e. The largest absolute Gasteiger partial charge is 0.465 e. The fourth-order valence-electron chi connectivity index (χ4n) is 2.47. The smallest absolute Gasteiger partial charge is 0.326 e. The lowest BCUT2D eigenvalue weighted by molar-refractivity contribution is -0.143. The summed E-state index contributed by atoms with van der Waals surface area (Å²) in [7, 11) is 0. The number of hydrogen-bond acceptors (Lipinski definition) is 4. The minimum atomic E-state index is -0.480. The zero-order chi connectivity index (χ0) is 17.1. The number of ether oxygens (including phenoxy) is 1. The molecule has 3 aromatic rings. The Balaban J connectivity index is 2.23. The predicted octanol–water partition coefficient (Wildman–Crippen LogP) is 3.28. The number of carbonyl (C=O) groups excluding carboxylic acids is 1. The van der Waals surface area contributed by atoms with Gasteiger partial charge in [-0.25, -0.2) is 4.98 Å². The summed E-state index contributed by atoms with van der Waals surface area (Å²) in [5.74, 6) is -0.0738. The molecule has 1 aromatic heterocycles.